The molecule has 1 aliphatic heterocycles. The zero-order valence-electron chi connectivity index (χ0n) is 19.3. The molecule has 3 rings (SSSR count). The fourth-order valence-electron chi connectivity index (χ4n) is 3.65. The van der Waals surface area contributed by atoms with Crippen LogP contribution in [0.3, 0.4) is 0 Å². The Balaban J connectivity index is 1.78. The number of aryl methyl sites for hydroxylation is 1. The van der Waals surface area contributed by atoms with Gasteiger partial charge in [-0.15, -0.1) is 0 Å². The van der Waals surface area contributed by atoms with Gasteiger partial charge in [0.2, 0.25) is 0 Å². The molecule has 1 N–H and O–H groups in total. The summed E-state index contributed by atoms with van der Waals surface area (Å²) in [6.45, 7) is 7.82. The first kappa shape index (κ1) is 24.1. The van der Waals surface area contributed by atoms with E-state index < -0.39 is 0 Å². The summed E-state index contributed by atoms with van der Waals surface area (Å²) in [5, 5.41) is 4.04. The number of ether oxygens (including phenoxy) is 4. The first-order valence-electron chi connectivity index (χ1n) is 10.8. The van der Waals surface area contributed by atoms with Crippen LogP contribution in [-0.4, -0.2) is 75.6 Å². The van der Waals surface area contributed by atoms with Crippen molar-refractivity contribution >= 4 is 23.0 Å². The van der Waals surface area contributed by atoms with Crippen LogP contribution in [0.2, 0.25) is 0 Å². The van der Waals surface area contributed by atoms with Crippen LogP contribution in [0.1, 0.15) is 11.1 Å². The Hall–Kier alpha value is -2.55. The molecule has 0 aromatic heterocycles. The van der Waals surface area contributed by atoms with Gasteiger partial charge in [0.1, 0.15) is 5.75 Å². The zero-order chi connectivity index (χ0) is 22.9. The second-order valence-electron chi connectivity index (χ2n) is 7.70. The SMILES string of the molecule is COc1ccc(C)cc1NC(=S)N(CCN1CCOCC1)Cc1ccc(OC)c(OC)c1. The third kappa shape index (κ3) is 6.48. The third-order valence-corrected chi connectivity index (χ3v) is 5.86. The monoisotopic (exact) mass is 459 g/mol. The fourth-order valence-corrected chi connectivity index (χ4v) is 3.92. The van der Waals surface area contributed by atoms with Gasteiger partial charge in [0.05, 0.1) is 40.2 Å². The molecule has 8 heteroatoms. The van der Waals surface area contributed by atoms with Crippen molar-refractivity contribution in [3.63, 3.8) is 0 Å². The van der Waals surface area contributed by atoms with E-state index in [1.807, 2.05) is 43.3 Å². The second kappa shape index (κ2) is 11.9. The van der Waals surface area contributed by atoms with E-state index in [0.29, 0.717) is 23.2 Å². The van der Waals surface area contributed by atoms with Crippen LogP contribution in [0.5, 0.6) is 17.2 Å². The molecule has 0 saturated carbocycles. The van der Waals surface area contributed by atoms with E-state index in [2.05, 4.69) is 15.1 Å². The molecule has 0 amide bonds. The van der Waals surface area contributed by atoms with E-state index in [4.69, 9.17) is 31.2 Å². The zero-order valence-corrected chi connectivity index (χ0v) is 20.2. The summed E-state index contributed by atoms with van der Waals surface area (Å²) < 4.78 is 21.9. The molecule has 0 bridgehead atoms. The van der Waals surface area contributed by atoms with Crippen molar-refractivity contribution in [2.24, 2.45) is 0 Å². The topological polar surface area (TPSA) is 55.4 Å². The summed E-state index contributed by atoms with van der Waals surface area (Å²) in [5.41, 5.74) is 3.09. The maximum absolute atomic E-state index is 5.84. The highest BCUT2D eigenvalue weighted by Gasteiger charge is 2.17. The van der Waals surface area contributed by atoms with Crippen LogP contribution in [0.4, 0.5) is 5.69 Å². The van der Waals surface area contributed by atoms with Gasteiger partial charge in [-0.05, 0) is 54.5 Å². The Bertz CT molecular complexity index is 903. The maximum atomic E-state index is 5.84. The number of nitrogens with one attached hydrogen (secondary N) is 1. The molecule has 2 aromatic rings. The average molecular weight is 460 g/mol. The number of anilines is 1. The van der Waals surface area contributed by atoms with Gasteiger partial charge in [-0.1, -0.05) is 12.1 Å². The van der Waals surface area contributed by atoms with E-state index in [-0.39, 0.29) is 0 Å². The maximum Gasteiger partial charge on any atom is 0.173 e. The number of thiocarbonyl (C=S) groups is 1. The highest BCUT2D eigenvalue weighted by Crippen LogP contribution is 2.29. The number of hydrogen-bond acceptors (Lipinski definition) is 6. The van der Waals surface area contributed by atoms with Crippen LogP contribution in [0, 0.1) is 6.92 Å². The highest BCUT2D eigenvalue weighted by molar-refractivity contribution is 7.80. The van der Waals surface area contributed by atoms with Gasteiger partial charge in [0.15, 0.2) is 16.6 Å². The number of nitrogens with zero attached hydrogens (tertiary/aromatic N) is 2. The molecule has 0 atom stereocenters. The van der Waals surface area contributed by atoms with Gasteiger partial charge < -0.3 is 29.2 Å². The molecule has 7 nitrogen and oxygen atoms in total. The summed E-state index contributed by atoms with van der Waals surface area (Å²) in [6.07, 6.45) is 0. The van der Waals surface area contributed by atoms with Crippen molar-refractivity contribution < 1.29 is 18.9 Å². The van der Waals surface area contributed by atoms with E-state index in [1.54, 1.807) is 21.3 Å². The molecule has 0 spiro atoms. The first-order valence-corrected chi connectivity index (χ1v) is 11.2. The van der Waals surface area contributed by atoms with E-state index in [1.165, 1.54) is 0 Å². The smallest absolute Gasteiger partial charge is 0.173 e. The lowest BCUT2D eigenvalue weighted by Gasteiger charge is -2.31. The number of rotatable bonds is 9. The molecule has 0 aliphatic carbocycles. The van der Waals surface area contributed by atoms with Crippen molar-refractivity contribution in [2.75, 3.05) is 66.0 Å². The predicted molar refractivity (Wildman–Crippen MR) is 131 cm³/mol. The fraction of sp³-hybridized carbons (Fsp3) is 0.458. The summed E-state index contributed by atoms with van der Waals surface area (Å²) in [6, 6.07) is 12.0. The Kier molecular flexibility index (Phi) is 8.96. The number of morpholine rings is 1. The molecule has 174 valence electrons. The van der Waals surface area contributed by atoms with Crippen LogP contribution in [-0.2, 0) is 11.3 Å². The number of hydrogen-bond donors (Lipinski definition) is 1. The van der Waals surface area contributed by atoms with Gasteiger partial charge in [-0.2, -0.15) is 0 Å². The Morgan fingerprint density at radius 3 is 2.38 bits per heavy atom. The molecule has 1 aliphatic rings. The van der Waals surface area contributed by atoms with Crippen molar-refractivity contribution in [1.29, 1.82) is 0 Å². The van der Waals surface area contributed by atoms with Crippen molar-refractivity contribution in [1.82, 2.24) is 9.80 Å². The summed E-state index contributed by atoms with van der Waals surface area (Å²) in [4.78, 5) is 4.58. The molecule has 2 aromatic carbocycles. The van der Waals surface area contributed by atoms with Crippen LogP contribution < -0.4 is 19.5 Å². The van der Waals surface area contributed by atoms with Gasteiger partial charge in [0.25, 0.3) is 0 Å². The van der Waals surface area contributed by atoms with Crippen molar-refractivity contribution in [2.45, 2.75) is 13.5 Å². The quantitative estimate of drug-likeness (QED) is 0.572. The summed E-state index contributed by atoms with van der Waals surface area (Å²) in [7, 11) is 4.95. The molecule has 1 fully saturated rings. The minimum atomic E-state index is 0.644. The summed E-state index contributed by atoms with van der Waals surface area (Å²) in [5.74, 6) is 2.18. The molecule has 0 unspecified atom stereocenters. The minimum Gasteiger partial charge on any atom is -0.495 e. The van der Waals surface area contributed by atoms with Crippen LogP contribution in [0.25, 0.3) is 0 Å². The van der Waals surface area contributed by atoms with Crippen molar-refractivity contribution in [3.05, 3.63) is 47.5 Å². The first-order chi connectivity index (χ1) is 15.5. The lowest BCUT2D eigenvalue weighted by molar-refractivity contribution is 0.0358. The Morgan fingerprint density at radius 1 is 1.00 bits per heavy atom. The standard InChI is InChI=1S/C24H33N3O4S/c1-18-5-7-21(28-2)20(15-18)25-24(32)27(10-9-26-11-13-31-14-12-26)17-19-6-8-22(29-3)23(16-19)30-4/h5-8,15-16H,9-14,17H2,1-4H3,(H,25,32). The normalized spacial score (nSPS) is 14.0. The van der Waals surface area contributed by atoms with Gasteiger partial charge >= 0.3 is 0 Å². The summed E-state index contributed by atoms with van der Waals surface area (Å²) >= 11 is 5.84. The molecule has 1 saturated heterocycles. The lowest BCUT2D eigenvalue weighted by atomic mass is 10.2. The third-order valence-electron chi connectivity index (χ3n) is 5.50. The highest BCUT2D eigenvalue weighted by atomic mass is 32.1. The van der Waals surface area contributed by atoms with E-state index in [0.717, 1.165) is 62.0 Å². The molecule has 0 radical (unpaired) electrons. The minimum absolute atomic E-state index is 0.644. The van der Waals surface area contributed by atoms with Crippen LogP contribution in [0.15, 0.2) is 36.4 Å². The van der Waals surface area contributed by atoms with Crippen LogP contribution >= 0.6 is 12.2 Å². The molecule has 32 heavy (non-hydrogen) atoms. The molecular weight excluding hydrogens is 426 g/mol. The van der Waals surface area contributed by atoms with Gasteiger partial charge in [-0.25, -0.2) is 0 Å². The number of benzene rings is 2. The Morgan fingerprint density at radius 2 is 1.69 bits per heavy atom. The molecular formula is C24H33N3O4S. The van der Waals surface area contributed by atoms with Crippen molar-refractivity contribution in [3.8, 4) is 17.2 Å². The van der Waals surface area contributed by atoms with Gasteiger partial charge in [-0.3, -0.25) is 4.90 Å². The number of methoxy groups -OCH3 is 3. The van der Waals surface area contributed by atoms with E-state index in [9.17, 15) is 0 Å². The average Bonchev–Trinajstić information content (AvgIpc) is 2.82. The van der Waals surface area contributed by atoms with Gasteiger partial charge in [0, 0.05) is 32.7 Å². The Labute approximate surface area is 196 Å². The lowest BCUT2D eigenvalue weighted by Crippen LogP contribution is -2.44. The second-order valence-corrected chi connectivity index (χ2v) is 8.09. The largest absolute Gasteiger partial charge is 0.495 e. The van der Waals surface area contributed by atoms with E-state index >= 15 is 0 Å². The predicted octanol–water partition coefficient (Wildman–Crippen LogP) is 3.55. The molecule has 1 heterocycles.